The van der Waals surface area contributed by atoms with E-state index < -0.39 is 5.66 Å². The number of aromatic nitrogens is 1. The average Bonchev–Trinajstić information content (AvgIpc) is 3.34. The third kappa shape index (κ3) is 2.18. The van der Waals surface area contributed by atoms with E-state index in [0.29, 0.717) is 23.7 Å². The van der Waals surface area contributed by atoms with Gasteiger partial charge in [-0.25, -0.2) is 4.98 Å². The molecule has 0 unspecified atom stereocenters. The third-order valence-electron chi connectivity index (χ3n) is 5.79. The lowest BCUT2D eigenvalue weighted by molar-refractivity contribution is 0.0762. The van der Waals surface area contributed by atoms with Gasteiger partial charge in [0, 0.05) is 30.1 Å². The van der Waals surface area contributed by atoms with Crippen LogP contribution in [0.3, 0.4) is 0 Å². The zero-order valence-electron chi connectivity index (χ0n) is 13.6. The molecule has 1 aliphatic carbocycles. The van der Waals surface area contributed by atoms with Crippen molar-refractivity contribution >= 4 is 28.8 Å². The Morgan fingerprint density at radius 2 is 2.16 bits per heavy atom. The monoisotopic (exact) mass is 354 g/mol. The minimum Gasteiger partial charge on any atom is -0.362 e. The fraction of sp³-hybridized carbons (Fsp3) is 0.389. The summed E-state index contributed by atoms with van der Waals surface area (Å²) in [6.07, 6.45) is 1.89. The van der Waals surface area contributed by atoms with E-state index in [-0.39, 0.29) is 17.7 Å². The van der Waals surface area contributed by atoms with Crippen LogP contribution in [0.2, 0.25) is 0 Å². The Kier molecular flexibility index (Phi) is 3.15. The molecule has 2 aliphatic heterocycles. The van der Waals surface area contributed by atoms with Crippen LogP contribution in [0.25, 0.3) is 0 Å². The molecular formula is C18H18N4O2S. The minimum absolute atomic E-state index is 0.00617. The van der Waals surface area contributed by atoms with Crippen molar-refractivity contribution < 1.29 is 9.59 Å². The Hall–Kier alpha value is -2.41. The molecule has 7 heteroatoms. The Balaban J connectivity index is 1.42. The van der Waals surface area contributed by atoms with Crippen LogP contribution in [0.15, 0.2) is 35.2 Å². The highest BCUT2D eigenvalue weighted by Gasteiger charge is 2.55. The smallest absolute Gasteiger partial charge is 0.273 e. The van der Waals surface area contributed by atoms with Crippen LogP contribution in [0.4, 0.5) is 5.69 Å². The highest BCUT2D eigenvalue weighted by molar-refractivity contribution is 7.07. The molecule has 1 aromatic carbocycles. The van der Waals surface area contributed by atoms with E-state index in [1.54, 1.807) is 10.9 Å². The molecule has 2 fully saturated rings. The number of hydrogen-bond donors (Lipinski definition) is 2. The summed E-state index contributed by atoms with van der Waals surface area (Å²) in [5, 5.41) is 8.59. The number of amides is 2. The van der Waals surface area contributed by atoms with Gasteiger partial charge in [0.2, 0.25) is 0 Å². The summed E-state index contributed by atoms with van der Waals surface area (Å²) >= 11 is 1.43. The Labute approximate surface area is 149 Å². The van der Waals surface area contributed by atoms with Gasteiger partial charge in [-0.15, -0.1) is 11.3 Å². The van der Waals surface area contributed by atoms with Crippen molar-refractivity contribution in [1.29, 1.82) is 0 Å². The Morgan fingerprint density at radius 3 is 3.00 bits per heavy atom. The van der Waals surface area contributed by atoms with E-state index in [4.69, 9.17) is 0 Å². The zero-order chi connectivity index (χ0) is 17.0. The first kappa shape index (κ1) is 14.9. The van der Waals surface area contributed by atoms with Crippen LogP contribution < -0.4 is 10.6 Å². The fourth-order valence-corrected chi connectivity index (χ4v) is 5.13. The van der Waals surface area contributed by atoms with Gasteiger partial charge in [0.05, 0.1) is 11.1 Å². The lowest BCUT2D eigenvalue weighted by Gasteiger charge is -2.41. The van der Waals surface area contributed by atoms with E-state index in [1.807, 2.05) is 29.2 Å². The lowest BCUT2D eigenvalue weighted by Crippen LogP contribution is -2.61. The summed E-state index contributed by atoms with van der Waals surface area (Å²) in [6, 6.07) is 7.61. The maximum atomic E-state index is 12.6. The number of rotatable bonds is 1. The van der Waals surface area contributed by atoms with Crippen molar-refractivity contribution in [3.63, 3.8) is 0 Å². The van der Waals surface area contributed by atoms with Crippen LogP contribution in [0.1, 0.15) is 33.7 Å². The highest BCUT2D eigenvalue weighted by atomic mass is 32.1. The molecular weight excluding hydrogens is 336 g/mol. The second-order valence-corrected chi connectivity index (χ2v) is 7.80. The summed E-state index contributed by atoms with van der Waals surface area (Å²) in [4.78, 5) is 31.3. The summed E-state index contributed by atoms with van der Waals surface area (Å²) in [5.74, 6) is 0.584. The van der Waals surface area contributed by atoms with Gasteiger partial charge < -0.3 is 15.5 Å². The standard InChI is InChI=1S/C18H18N4O2S/c23-16-12-3-1-2-4-14(12)20-18(21-16)6-5-11-7-22(8-13(11)18)17(24)15-9-25-10-19-15/h1-4,9-11,13,20H,5-8H2,(H,21,23)/t11-,13+,18+/m1/s1. The van der Waals surface area contributed by atoms with E-state index >= 15 is 0 Å². The topological polar surface area (TPSA) is 74.3 Å². The van der Waals surface area contributed by atoms with Gasteiger partial charge in [0.15, 0.2) is 0 Å². The molecule has 25 heavy (non-hydrogen) atoms. The molecule has 1 saturated carbocycles. The first-order chi connectivity index (χ1) is 12.2. The van der Waals surface area contributed by atoms with E-state index in [2.05, 4.69) is 15.6 Å². The Morgan fingerprint density at radius 1 is 1.28 bits per heavy atom. The van der Waals surface area contributed by atoms with Crippen LogP contribution in [0.5, 0.6) is 0 Å². The van der Waals surface area contributed by atoms with Gasteiger partial charge in [0.1, 0.15) is 11.4 Å². The zero-order valence-corrected chi connectivity index (χ0v) is 14.4. The van der Waals surface area contributed by atoms with Crippen LogP contribution in [-0.2, 0) is 0 Å². The fourth-order valence-electron chi connectivity index (χ4n) is 4.61. The second kappa shape index (κ2) is 5.29. The molecule has 1 spiro atoms. The number of nitrogens with one attached hydrogen (secondary N) is 2. The molecule has 0 radical (unpaired) electrons. The molecule has 1 saturated heterocycles. The van der Waals surface area contributed by atoms with E-state index in [0.717, 1.165) is 25.1 Å². The Bertz CT molecular complexity index is 853. The lowest BCUT2D eigenvalue weighted by atomic mass is 9.89. The number of fused-ring (bicyclic) bond motifs is 3. The number of nitrogens with zero attached hydrogens (tertiary/aromatic N) is 2. The van der Waals surface area contributed by atoms with E-state index in [9.17, 15) is 9.59 Å². The SMILES string of the molecule is O=C1N[C@]2(CC[C@@H]3CN(C(=O)c4cscn4)C[C@@H]32)Nc2ccccc21. The summed E-state index contributed by atoms with van der Waals surface area (Å²) in [7, 11) is 0. The first-order valence-electron chi connectivity index (χ1n) is 8.53. The van der Waals surface area contributed by atoms with Crippen LogP contribution in [-0.4, -0.2) is 40.5 Å². The van der Waals surface area contributed by atoms with Crippen molar-refractivity contribution in [2.75, 3.05) is 18.4 Å². The van der Waals surface area contributed by atoms with Crippen molar-refractivity contribution in [3.8, 4) is 0 Å². The van der Waals surface area contributed by atoms with Crippen molar-refractivity contribution in [3.05, 3.63) is 46.4 Å². The first-order valence-corrected chi connectivity index (χ1v) is 9.48. The van der Waals surface area contributed by atoms with Gasteiger partial charge >= 0.3 is 0 Å². The maximum Gasteiger partial charge on any atom is 0.273 e. The normalized spacial score (nSPS) is 29.9. The molecule has 6 nitrogen and oxygen atoms in total. The average molecular weight is 354 g/mol. The number of para-hydroxylation sites is 1. The number of carbonyl (C=O) groups excluding carboxylic acids is 2. The molecule has 1 aromatic heterocycles. The van der Waals surface area contributed by atoms with Gasteiger partial charge in [-0.1, -0.05) is 12.1 Å². The largest absolute Gasteiger partial charge is 0.362 e. The quantitative estimate of drug-likeness (QED) is 0.823. The molecule has 3 aliphatic rings. The van der Waals surface area contributed by atoms with Gasteiger partial charge in [0.25, 0.3) is 11.8 Å². The number of thiazole rings is 1. The predicted octanol–water partition coefficient (Wildman–Crippen LogP) is 2.18. The van der Waals surface area contributed by atoms with Crippen molar-refractivity contribution in [1.82, 2.24) is 15.2 Å². The number of carbonyl (C=O) groups is 2. The molecule has 0 bridgehead atoms. The van der Waals surface area contributed by atoms with Crippen molar-refractivity contribution in [2.24, 2.45) is 11.8 Å². The summed E-state index contributed by atoms with van der Waals surface area (Å²) in [5.41, 5.74) is 3.32. The number of benzene rings is 1. The third-order valence-corrected chi connectivity index (χ3v) is 6.37. The molecule has 3 heterocycles. The van der Waals surface area contributed by atoms with Crippen LogP contribution >= 0.6 is 11.3 Å². The van der Waals surface area contributed by atoms with Crippen LogP contribution in [0, 0.1) is 11.8 Å². The molecule has 3 atom stereocenters. The number of hydrogen-bond acceptors (Lipinski definition) is 5. The molecule has 2 aromatic rings. The van der Waals surface area contributed by atoms with E-state index in [1.165, 1.54) is 11.3 Å². The van der Waals surface area contributed by atoms with Gasteiger partial charge in [-0.2, -0.15) is 0 Å². The maximum absolute atomic E-state index is 12.6. The number of likely N-dealkylation sites (tertiary alicyclic amines) is 1. The summed E-state index contributed by atoms with van der Waals surface area (Å²) in [6.45, 7) is 1.39. The molecule has 2 N–H and O–H groups in total. The molecule has 128 valence electrons. The summed E-state index contributed by atoms with van der Waals surface area (Å²) < 4.78 is 0. The highest BCUT2D eigenvalue weighted by Crippen LogP contribution is 2.47. The number of anilines is 1. The van der Waals surface area contributed by atoms with Gasteiger partial charge in [-0.3, -0.25) is 9.59 Å². The van der Waals surface area contributed by atoms with Gasteiger partial charge in [-0.05, 0) is 30.9 Å². The van der Waals surface area contributed by atoms with Crippen molar-refractivity contribution in [2.45, 2.75) is 18.5 Å². The minimum atomic E-state index is -0.451. The predicted molar refractivity (Wildman–Crippen MR) is 94.5 cm³/mol. The molecule has 2 amide bonds. The second-order valence-electron chi connectivity index (χ2n) is 7.09. The molecule has 5 rings (SSSR count).